The van der Waals surface area contributed by atoms with Crippen LogP contribution in [0.1, 0.15) is 68.1 Å². The van der Waals surface area contributed by atoms with Gasteiger partial charge in [-0.25, -0.2) is 9.59 Å². The van der Waals surface area contributed by atoms with Gasteiger partial charge in [0, 0.05) is 50.2 Å². The van der Waals surface area contributed by atoms with Crippen molar-refractivity contribution >= 4 is 59.0 Å². The van der Waals surface area contributed by atoms with Crippen molar-refractivity contribution < 1.29 is 103 Å². The molecule has 2 aliphatic rings. The zero-order valence-corrected chi connectivity index (χ0v) is 27.3. The van der Waals surface area contributed by atoms with Crippen molar-refractivity contribution in [2.24, 2.45) is 5.73 Å². The van der Waals surface area contributed by atoms with Crippen LogP contribution in [0.5, 0.6) is 0 Å². The molecular weight excluding hydrogens is 663 g/mol. The van der Waals surface area contributed by atoms with Crippen molar-refractivity contribution in [3.05, 3.63) is 78.9 Å². The van der Waals surface area contributed by atoms with Gasteiger partial charge in [-0.15, -0.1) is 0 Å². The fourth-order valence-corrected chi connectivity index (χ4v) is 3.11. The second-order valence-corrected chi connectivity index (χ2v) is 8.50. The number of carboxylic acids is 4. The molecule has 4 rings (SSSR count). The zero-order chi connectivity index (χ0) is 36.6. The van der Waals surface area contributed by atoms with Gasteiger partial charge in [0.1, 0.15) is 0 Å². The molecule has 2 aromatic rings. The molecule has 5 N–H and O–H groups in total. The van der Waals surface area contributed by atoms with Crippen LogP contribution in [-0.4, -0.2) is 90.8 Å². The number of carbonyl (C=O) groups is 8. The fourth-order valence-electron chi connectivity index (χ4n) is 3.11. The van der Waals surface area contributed by atoms with Crippen LogP contribution in [0.15, 0.2) is 36.4 Å². The van der Waals surface area contributed by atoms with Crippen LogP contribution in [0.4, 0.5) is 11.4 Å². The Hall–Kier alpha value is -5.64. The molecular formula is C26H25N4NaO17. The van der Waals surface area contributed by atoms with Crippen LogP contribution in [0, 0.1) is 20.2 Å². The van der Waals surface area contributed by atoms with E-state index in [1.54, 1.807) is 0 Å². The Bertz CT molecular complexity index is 1590. The SMILES string of the molecule is CC(=O)O.CC(=O)[O-].NCCC(=O)O.O=C(O)CCN1C(=O)c2ccc([N+](=O)[O-])cc2C1=O.O=C1OC(=O)c2cc([N+](=O)[O-])ccc21.[Na+]. The van der Waals surface area contributed by atoms with Crippen molar-refractivity contribution in [2.75, 3.05) is 13.1 Å². The van der Waals surface area contributed by atoms with E-state index in [1.807, 2.05) is 0 Å². The topological polar surface area (TPSA) is 345 Å². The van der Waals surface area contributed by atoms with Gasteiger partial charge in [-0.05, 0) is 19.1 Å². The third kappa shape index (κ3) is 15.1. The van der Waals surface area contributed by atoms with E-state index in [1.165, 1.54) is 12.1 Å². The number of nitro benzene ring substituents is 2. The molecule has 0 atom stereocenters. The first-order valence-corrected chi connectivity index (χ1v) is 12.4. The number of aliphatic carboxylic acids is 4. The Kier molecular flexibility index (Phi) is 19.7. The zero-order valence-electron chi connectivity index (χ0n) is 25.3. The quantitative estimate of drug-likeness (QED) is 0.0557. The summed E-state index contributed by atoms with van der Waals surface area (Å²) in [5, 5.41) is 53.6. The van der Waals surface area contributed by atoms with Gasteiger partial charge in [0.05, 0.1) is 44.9 Å². The second kappa shape index (κ2) is 21.2. The van der Waals surface area contributed by atoms with Gasteiger partial charge < -0.3 is 35.7 Å². The molecule has 0 spiro atoms. The van der Waals surface area contributed by atoms with Gasteiger partial charge in [0.2, 0.25) is 0 Å². The van der Waals surface area contributed by atoms with Crippen molar-refractivity contribution in [3.8, 4) is 0 Å². The number of fused-ring (bicyclic) bond motifs is 2. The maximum atomic E-state index is 11.9. The second-order valence-electron chi connectivity index (χ2n) is 8.50. The number of nitrogens with zero attached hydrogens (tertiary/aromatic N) is 3. The number of carbonyl (C=O) groups excluding carboxylic acids is 5. The number of hydrogen-bond acceptors (Lipinski definition) is 15. The number of benzene rings is 2. The van der Waals surface area contributed by atoms with Crippen LogP contribution >= 0.6 is 0 Å². The molecule has 252 valence electrons. The van der Waals surface area contributed by atoms with E-state index in [9.17, 15) is 49.0 Å². The van der Waals surface area contributed by atoms with Gasteiger partial charge in [-0.1, -0.05) is 0 Å². The standard InChI is InChI=1S/C11H8N2O6.C8H3NO5.C3H7NO2.2C2H4O2.Na/c14-9(15)3-4-12-10(16)7-2-1-6(13(18)19)5-8(7)11(12)17;10-7-5-2-1-4(9(12)13)3-6(5)8(11)14-7;4-2-1-3(5)6;2*1-2(3)4;/h1-2,5H,3-4H2,(H,14,15);1-3H;1-2,4H2,(H,5,6);2*1H3,(H,3,4);/q;;;;;+1/p-1. The third-order valence-electron chi connectivity index (χ3n) is 4.91. The van der Waals surface area contributed by atoms with E-state index in [0.29, 0.717) is 0 Å². The summed E-state index contributed by atoms with van der Waals surface area (Å²) in [6.07, 6.45) is -0.298. The summed E-state index contributed by atoms with van der Waals surface area (Å²) in [6.45, 7) is 2.03. The molecule has 0 bridgehead atoms. The Labute approximate surface area is 290 Å². The summed E-state index contributed by atoms with van der Waals surface area (Å²) >= 11 is 0. The Balaban J connectivity index is 0. The maximum absolute atomic E-state index is 11.9. The van der Waals surface area contributed by atoms with Crippen LogP contribution < -0.4 is 40.4 Å². The van der Waals surface area contributed by atoms with Crippen molar-refractivity contribution in [1.82, 2.24) is 4.90 Å². The molecule has 0 fully saturated rings. The van der Waals surface area contributed by atoms with Gasteiger partial charge in [-0.3, -0.25) is 49.1 Å². The first-order valence-electron chi connectivity index (χ1n) is 12.4. The number of amides is 2. The van der Waals surface area contributed by atoms with Gasteiger partial charge in [-0.2, -0.15) is 0 Å². The Morgan fingerprint density at radius 2 is 1.12 bits per heavy atom. The number of esters is 2. The maximum Gasteiger partial charge on any atom is 1.00 e. The number of nitro groups is 2. The summed E-state index contributed by atoms with van der Waals surface area (Å²) in [6, 6.07) is 6.75. The Morgan fingerprint density at radius 1 is 0.750 bits per heavy atom. The first kappa shape index (κ1) is 44.5. The van der Waals surface area contributed by atoms with E-state index >= 15 is 0 Å². The molecule has 0 saturated heterocycles. The van der Waals surface area contributed by atoms with Crippen molar-refractivity contribution in [2.45, 2.75) is 26.7 Å². The average Bonchev–Trinajstić information content (AvgIpc) is 3.37. The largest absolute Gasteiger partial charge is 1.00 e. The number of cyclic esters (lactones) is 2. The van der Waals surface area contributed by atoms with E-state index in [0.717, 1.165) is 43.0 Å². The predicted octanol–water partition coefficient (Wildman–Crippen LogP) is -3.16. The number of ether oxygens (including phenoxy) is 1. The average molecular weight is 688 g/mol. The number of rotatable bonds is 7. The molecule has 48 heavy (non-hydrogen) atoms. The predicted molar refractivity (Wildman–Crippen MR) is 149 cm³/mol. The number of hydrogen-bond donors (Lipinski definition) is 4. The summed E-state index contributed by atoms with van der Waals surface area (Å²) < 4.78 is 4.27. The fraction of sp³-hybridized carbons (Fsp3) is 0.231. The van der Waals surface area contributed by atoms with Crippen LogP contribution in [-0.2, 0) is 23.9 Å². The molecule has 0 aromatic heterocycles. The molecule has 0 aliphatic carbocycles. The third-order valence-corrected chi connectivity index (χ3v) is 4.91. The monoisotopic (exact) mass is 688 g/mol. The molecule has 22 heteroatoms. The van der Waals surface area contributed by atoms with Crippen molar-refractivity contribution in [1.29, 1.82) is 0 Å². The van der Waals surface area contributed by atoms with Crippen LogP contribution in [0.3, 0.4) is 0 Å². The van der Waals surface area contributed by atoms with E-state index in [-0.39, 0.29) is 89.1 Å². The van der Waals surface area contributed by atoms with Crippen LogP contribution in [0.2, 0.25) is 0 Å². The number of carboxylic acid groups (broad SMARTS) is 4. The minimum absolute atomic E-state index is 0. The minimum atomic E-state index is -1.14. The summed E-state index contributed by atoms with van der Waals surface area (Å²) in [4.78, 5) is 104. The molecule has 2 heterocycles. The molecule has 2 aromatic carbocycles. The van der Waals surface area contributed by atoms with Gasteiger partial charge >= 0.3 is 53.4 Å². The number of non-ortho nitro benzene ring substituents is 2. The van der Waals surface area contributed by atoms with Crippen LogP contribution in [0.25, 0.3) is 0 Å². The normalized spacial score (nSPS) is 11.4. The molecule has 2 aliphatic heterocycles. The van der Waals surface area contributed by atoms with E-state index in [4.69, 9.17) is 35.7 Å². The minimum Gasteiger partial charge on any atom is -0.550 e. The molecule has 0 unspecified atom stereocenters. The smallest absolute Gasteiger partial charge is 0.550 e. The van der Waals surface area contributed by atoms with Crippen molar-refractivity contribution in [3.63, 3.8) is 0 Å². The summed E-state index contributed by atoms with van der Waals surface area (Å²) in [7, 11) is 0. The Morgan fingerprint density at radius 3 is 1.50 bits per heavy atom. The van der Waals surface area contributed by atoms with Gasteiger partial charge in [0.15, 0.2) is 0 Å². The summed E-state index contributed by atoms with van der Waals surface area (Å²) in [5.74, 6) is -6.82. The van der Waals surface area contributed by atoms with Gasteiger partial charge in [0.25, 0.3) is 29.2 Å². The summed E-state index contributed by atoms with van der Waals surface area (Å²) in [5.41, 5.74) is 4.33. The van der Waals surface area contributed by atoms with E-state index < -0.39 is 57.5 Å². The molecule has 2 amide bonds. The molecule has 21 nitrogen and oxygen atoms in total. The number of imide groups is 1. The number of nitrogens with two attached hydrogens (primary N) is 1. The first-order chi connectivity index (χ1) is 21.7. The molecule has 0 saturated carbocycles. The molecule has 0 radical (unpaired) electrons. The van der Waals surface area contributed by atoms with E-state index in [2.05, 4.69) is 4.74 Å².